The van der Waals surface area contributed by atoms with Crippen molar-refractivity contribution in [1.82, 2.24) is 15.1 Å². The number of unbranched alkanes of at least 4 members (excludes halogenated alkanes) is 1. The van der Waals surface area contributed by atoms with Gasteiger partial charge < -0.3 is 9.80 Å². The number of hydrogen-bond acceptors (Lipinski definition) is 3. The molecule has 0 aliphatic carbocycles. The quantitative estimate of drug-likeness (QED) is 0.751. The molecule has 4 heteroatoms. The van der Waals surface area contributed by atoms with Crippen molar-refractivity contribution in [3.8, 4) is 0 Å². The summed E-state index contributed by atoms with van der Waals surface area (Å²) in [6.07, 6.45) is 3.42. The van der Waals surface area contributed by atoms with E-state index in [0.29, 0.717) is 6.04 Å². The standard InChI is InChI=1S/C14H29N3O/c1-6-7-8-13-14(18)17(12(4)15-13)10-9-16(5)11(2)3/h11-13,15H,6-10H2,1-5H3. The Hall–Kier alpha value is -0.610. The van der Waals surface area contributed by atoms with E-state index < -0.39 is 0 Å². The van der Waals surface area contributed by atoms with Gasteiger partial charge in [0, 0.05) is 19.1 Å². The van der Waals surface area contributed by atoms with E-state index in [-0.39, 0.29) is 18.1 Å². The largest absolute Gasteiger partial charge is 0.325 e. The molecule has 1 heterocycles. The molecule has 1 rings (SSSR count). The monoisotopic (exact) mass is 255 g/mol. The van der Waals surface area contributed by atoms with Crippen molar-refractivity contribution < 1.29 is 4.79 Å². The minimum Gasteiger partial charge on any atom is -0.325 e. The van der Waals surface area contributed by atoms with Crippen LogP contribution in [0.15, 0.2) is 0 Å². The number of carbonyl (C=O) groups excluding carboxylic acids is 1. The van der Waals surface area contributed by atoms with Crippen LogP contribution in [-0.2, 0) is 4.79 Å². The van der Waals surface area contributed by atoms with Gasteiger partial charge in [0.25, 0.3) is 0 Å². The lowest BCUT2D eigenvalue weighted by molar-refractivity contribution is -0.130. The Morgan fingerprint density at radius 1 is 1.44 bits per heavy atom. The predicted octanol–water partition coefficient (Wildman–Crippen LogP) is 1.66. The second kappa shape index (κ2) is 7.10. The molecule has 0 saturated carbocycles. The number of carbonyl (C=O) groups is 1. The van der Waals surface area contributed by atoms with Crippen molar-refractivity contribution in [2.75, 3.05) is 20.1 Å². The third-order valence-electron chi connectivity index (χ3n) is 3.91. The Morgan fingerprint density at radius 2 is 2.11 bits per heavy atom. The molecular weight excluding hydrogens is 226 g/mol. The highest BCUT2D eigenvalue weighted by atomic mass is 16.2. The summed E-state index contributed by atoms with van der Waals surface area (Å²) < 4.78 is 0. The maximum absolute atomic E-state index is 12.2. The van der Waals surface area contributed by atoms with Crippen molar-refractivity contribution in [1.29, 1.82) is 0 Å². The summed E-state index contributed by atoms with van der Waals surface area (Å²) in [6, 6.07) is 0.575. The van der Waals surface area contributed by atoms with Crippen LogP contribution in [0, 0.1) is 0 Å². The fourth-order valence-electron chi connectivity index (χ4n) is 2.29. The van der Waals surface area contributed by atoms with E-state index in [9.17, 15) is 4.79 Å². The molecule has 0 aromatic heterocycles. The first-order valence-electron chi connectivity index (χ1n) is 7.24. The molecule has 106 valence electrons. The maximum Gasteiger partial charge on any atom is 0.241 e. The van der Waals surface area contributed by atoms with Gasteiger partial charge in [0.05, 0.1) is 12.2 Å². The fourth-order valence-corrected chi connectivity index (χ4v) is 2.29. The lowest BCUT2D eigenvalue weighted by Crippen LogP contribution is -2.41. The zero-order valence-electron chi connectivity index (χ0n) is 12.6. The topological polar surface area (TPSA) is 35.6 Å². The summed E-state index contributed by atoms with van der Waals surface area (Å²) in [6.45, 7) is 10.4. The van der Waals surface area contributed by atoms with Crippen molar-refractivity contribution >= 4 is 5.91 Å². The molecule has 0 aromatic rings. The summed E-state index contributed by atoms with van der Waals surface area (Å²) >= 11 is 0. The summed E-state index contributed by atoms with van der Waals surface area (Å²) in [4.78, 5) is 16.5. The van der Waals surface area contributed by atoms with Gasteiger partial charge in [0.2, 0.25) is 5.91 Å². The van der Waals surface area contributed by atoms with Crippen LogP contribution in [-0.4, -0.2) is 54.1 Å². The molecule has 1 amide bonds. The summed E-state index contributed by atoms with van der Waals surface area (Å²) in [5.41, 5.74) is 0. The van der Waals surface area contributed by atoms with Crippen molar-refractivity contribution in [3.05, 3.63) is 0 Å². The molecule has 1 aliphatic heterocycles. The highest BCUT2D eigenvalue weighted by Crippen LogP contribution is 2.15. The predicted molar refractivity (Wildman–Crippen MR) is 75.4 cm³/mol. The van der Waals surface area contributed by atoms with Gasteiger partial charge in [-0.1, -0.05) is 19.8 Å². The zero-order chi connectivity index (χ0) is 13.7. The van der Waals surface area contributed by atoms with Crippen LogP contribution in [0.1, 0.15) is 47.0 Å². The van der Waals surface area contributed by atoms with Crippen molar-refractivity contribution in [3.63, 3.8) is 0 Å². The van der Waals surface area contributed by atoms with Gasteiger partial charge in [-0.15, -0.1) is 0 Å². The van der Waals surface area contributed by atoms with Crippen LogP contribution in [0.3, 0.4) is 0 Å². The van der Waals surface area contributed by atoms with Crippen LogP contribution >= 0.6 is 0 Å². The van der Waals surface area contributed by atoms with Crippen LogP contribution in [0.4, 0.5) is 0 Å². The normalized spacial score (nSPS) is 24.6. The molecule has 18 heavy (non-hydrogen) atoms. The molecule has 0 aromatic carbocycles. The Kier molecular flexibility index (Phi) is 6.09. The number of nitrogens with zero attached hydrogens (tertiary/aromatic N) is 2. The second-order valence-electron chi connectivity index (χ2n) is 5.64. The molecule has 0 radical (unpaired) electrons. The first-order chi connectivity index (χ1) is 8.47. The summed E-state index contributed by atoms with van der Waals surface area (Å²) in [7, 11) is 2.11. The molecule has 2 atom stereocenters. The minimum atomic E-state index is 0.0457. The highest BCUT2D eigenvalue weighted by Gasteiger charge is 2.35. The van der Waals surface area contributed by atoms with E-state index in [2.05, 4.69) is 45.0 Å². The Morgan fingerprint density at radius 3 is 2.67 bits per heavy atom. The maximum atomic E-state index is 12.2. The van der Waals surface area contributed by atoms with E-state index >= 15 is 0 Å². The van der Waals surface area contributed by atoms with E-state index in [0.717, 1.165) is 32.4 Å². The third-order valence-corrected chi connectivity index (χ3v) is 3.91. The Labute approximate surface area is 112 Å². The number of amides is 1. The first-order valence-corrected chi connectivity index (χ1v) is 7.24. The summed E-state index contributed by atoms with van der Waals surface area (Å²) in [5.74, 6) is 0.285. The zero-order valence-corrected chi connectivity index (χ0v) is 12.6. The number of rotatable bonds is 7. The van der Waals surface area contributed by atoms with E-state index in [1.54, 1.807) is 0 Å². The average Bonchev–Trinajstić information content (AvgIpc) is 2.59. The lowest BCUT2D eigenvalue weighted by Gasteiger charge is -2.26. The molecule has 1 fully saturated rings. The van der Waals surface area contributed by atoms with Gasteiger partial charge in [-0.2, -0.15) is 0 Å². The van der Waals surface area contributed by atoms with Crippen molar-refractivity contribution in [2.45, 2.75) is 65.2 Å². The molecule has 0 spiro atoms. The summed E-state index contributed by atoms with van der Waals surface area (Å²) in [5, 5.41) is 3.40. The van der Waals surface area contributed by atoms with E-state index in [1.807, 2.05) is 4.90 Å². The molecule has 4 nitrogen and oxygen atoms in total. The second-order valence-corrected chi connectivity index (χ2v) is 5.64. The molecule has 1 N–H and O–H groups in total. The van der Waals surface area contributed by atoms with Crippen LogP contribution in [0.2, 0.25) is 0 Å². The lowest BCUT2D eigenvalue weighted by atomic mass is 10.1. The van der Waals surface area contributed by atoms with Crippen molar-refractivity contribution in [2.24, 2.45) is 0 Å². The number of hydrogen-bond donors (Lipinski definition) is 1. The molecule has 2 unspecified atom stereocenters. The smallest absolute Gasteiger partial charge is 0.241 e. The average molecular weight is 255 g/mol. The van der Waals surface area contributed by atoms with Crippen LogP contribution in [0.5, 0.6) is 0 Å². The van der Waals surface area contributed by atoms with Gasteiger partial charge >= 0.3 is 0 Å². The Bertz CT molecular complexity index is 268. The molecule has 0 bridgehead atoms. The van der Waals surface area contributed by atoms with Gasteiger partial charge in [-0.25, -0.2) is 0 Å². The van der Waals surface area contributed by atoms with E-state index in [1.165, 1.54) is 0 Å². The highest BCUT2D eigenvalue weighted by molar-refractivity contribution is 5.84. The number of nitrogens with one attached hydrogen (secondary N) is 1. The third kappa shape index (κ3) is 3.95. The SMILES string of the molecule is CCCCC1NC(C)N(CCN(C)C(C)C)C1=O. The van der Waals surface area contributed by atoms with Gasteiger partial charge in [-0.3, -0.25) is 10.1 Å². The van der Waals surface area contributed by atoms with E-state index in [4.69, 9.17) is 0 Å². The number of likely N-dealkylation sites (N-methyl/N-ethyl adjacent to an activating group) is 1. The molecular formula is C14H29N3O. The fraction of sp³-hybridized carbons (Fsp3) is 0.929. The molecule has 1 saturated heterocycles. The van der Waals surface area contributed by atoms with Gasteiger partial charge in [0.1, 0.15) is 0 Å². The van der Waals surface area contributed by atoms with Gasteiger partial charge in [0.15, 0.2) is 0 Å². The van der Waals surface area contributed by atoms with Crippen LogP contribution < -0.4 is 5.32 Å². The minimum absolute atomic E-state index is 0.0457. The van der Waals surface area contributed by atoms with Gasteiger partial charge in [-0.05, 0) is 34.2 Å². The molecule has 1 aliphatic rings. The Balaban J connectivity index is 2.43. The van der Waals surface area contributed by atoms with Crippen LogP contribution in [0.25, 0.3) is 0 Å². The first kappa shape index (κ1) is 15.4.